The van der Waals surface area contributed by atoms with Crippen LogP contribution in [0.15, 0.2) is 0 Å². The summed E-state index contributed by atoms with van der Waals surface area (Å²) in [5.74, 6) is 0. The second-order valence-corrected chi connectivity index (χ2v) is 3.37. The number of nitrogens with zero attached hydrogens (tertiary/aromatic N) is 1. The van der Waals surface area contributed by atoms with Crippen LogP contribution in [0.5, 0.6) is 0 Å². The Hall–Kier alpha value is -0.0800. The van der Waals surface area contributed by atoms with Crippen molar-refractivity contribution in [1.82, 2.24) is 10.2 Å². The average Bonchev–Trinajstić information content (AvgIpc) is 2.28. The summed E-state index contributed by atoms with van der Waals surface area (Å²) in [6.07, 6.45) is 4.13. The maximum absolute atomic E-state index is 3.37. The van der Waals surface area contributed by atoms with Crippen molar-refractivity contribution in [2.45, 2.75) is 32.2 Å². The average molecular weight is 156 g/mol. The largest absolute Gasteiger partial charge is 0.316 e. The van der Waals surface area contributed by atoms with Crippen LogP contribution in [-0.2, 0) is 0 Å². The molecule has 0 spiro atoms. The van der Waals surface area contributed by atoms with Crippen molar-refractivity contribution in [1.29, 1.82) is 0 Å². The summed E-state index contributed by atoms with van der Waals surface area (Å²) >= 11 is 0. The highest BCUT2D eigenvalue weighted by molar-refractivity contribution is 4.73. The van der Waals surface area contributed by atoms with Crippen molar-refractivity contribution in [2.24, 2.45) is 0 Å². The monoisotopic (exact) mass is 156 g/mol. The zero-order valence-electron chi connectivity index (χ0n) is 7.77. The van der Waals surface area contributed by atoms with Crippen LogP contribution in [0.3, 0.4) is 0 Å². The molecule has 0 amide bonds. The molecule has 1 saturated heterocycles. The lowest BCUT2D eigenvalue weighted by molar-refractivity contribution is 0.276. The maximum atomic E-state index is 3.37. The van der Waals surface area contributed by atoms with Gasteiger partial charge in [-0.3, -0.25) is 0 Å². The fourth-order valence-electron chi connectivity index (χ4n) is 1.74. The Morgan fingerprint density at radius 3 is 2.91 bits per heavy atom. The van der Waals surface area contributed by atoms with Gasteiger partial charge >= 0.3 is 0 Å². The molecular weight excluding hydrogens is 136 g/mol. The molecule has 1 unspecified atom stereocenters. The van der Waals surface area contributed by atoms with Crippen LogP contribution in [0.25, 0.3) is 0 Å². The number of hydrogen-bond donors (Lipinski definition) is 1. The van der Waals surface area contributed by atoms with Crippen molar-refractivity contribution in [3.8, 4) is 0 Å². The van der Waals surface area contributed by atoms with Crippen molar-refractivity contribution in [2.75, 3.05) is 26.7 Å². The lowest BCUT2D eigenvalue weighted by Gasteiger charge is -2.21. The molecule has 0 saturated carbocycles. The van der Waals surface area contributed by atoms with E-state index in [4.69, 9.17) is 0 Å². The van der Waals surface area contributed by atoms with Gasteiger partial charge in [0.2, 0.25) is 0 Å². The van der Waals surface area contributed by atoms with Crippen LogP contribution in [0.2, 0.25) is 0 Å². The van der Waals surface area contributed by atoms with Crippen LogP contribution >= 0.6 is 0 Å². The summed E-state index contributed by atoms with van der Waals surface area (Å²) in [4.78, 5) is 2.54. The second-order valence-electron chi connectivity index (χ2n) is 3.37. The Morgan fingerprint density at radius 2 is 2.27 bits per heavy atom. The predicted molar refractivity (Wildman–Crippen MR) is 48.8 cm³/mol. The molecule has 1 aliphatic heterocycles. The van der Waals surface area contributed by atoms with E-state index >= 15 is 0 Å². The number of hydrogen-bond acceptors (Lipinski definition) is 2. The minimum atomic E-state index is 0.734. The predicted octanol–water partition coefficient (Wildman–Crippen LogP) is 1.08. The first-order chi connectivity index (χ1) is 5.36. The highest BCUT2D eigenvalue weighted by atomic mass is 15.1. The van der Waals surface area contributed by atoms with E-state index in [1.807, 2.05) is 0 Å². The molecule has 1 fully saturated rings. The molecule has 0 bridgehead atoms. The molecule has 0 aromatic heterocycles. The van der Waals surface area contributed by atoms with Gasteiger partial charge in [0.05, 0.1) is 0 Å². The van der Waals surface area contributed by atoms with Gasteiger partial charge in [-0.05, 0) is 33.0 Å². The summed E-state index contributed by atoms with van der Waals surface area (Å²) in [6, 6.07) is 0.734. The minimum absolute atomic E-state index is 0.734. The molecule has 1 heterocycles. The Labute approximate surface area is 70.0 Å². The standard InChI is InChI=1S/C9H20N2/c1-3-11-7-5-4-6-9(8-11)10-2/h9-10H,3-8H2,1-2H3. The van der Waals surface area contributed by atoms with E-state index in [-0.39, 0.29) is 0 Å². The van der Waals surface area contributed by atoms with E-state index in [1.165, 1.54) is 38.9 Å². The van der Waals surface area contributed by atoms with E-state index in [0.717, 1.165) is 6.04 Å². The summed E-state index contributed by atoms with van der Waals surface area (Å²) in [5.41, 5.74) is 0. The number of likely N-dealkylation sites (N-methyl/N-ethyl adjacent to an activating group) is 2. The van der Waals surface area contributed by atoms with E-state index in [0.29, 0.717) is 0 Å². The zero-order chi connectivity index (χ0) is 8.10. The minimum Gasteiger partial charge on any atom is -0.316 e. The third kappa shape index (κ3) is 2.80. The summed E-state index contributed by atoms with van der Waals surface area (Å²) in [5, 5.41) is 3.37. The van der Waals surface area contributed by atoms with Crippen LogP contribution in [0.1, 0.15) is 26.2 Å². The molecule has 2 nitrogen and oxygen atoms in total. The van der Waals surface area contributed by atoms with Gasteiger partial charge in [-0.1, -0.05) is 13.3 Å². The Bertz CT molecular complexity index is 91.7. The maximum Gasteiger partial charge on any atom is 0.0192 e. The van der Waals surface area contributed by atoms with Crippen molar-refractivity contribution < 1.29 is 0 Å². The molecular formula is C9H20N2. The van der Waals surface area contributed by atoms with Gasteiger partial charge in [0.1, 0.15) is 0 Å². The van der Waals surface area contributed by atoms with Gasteiger partial charge in [-0.15, -0.1) is 0 Å². The molecule has 0 aromatic carbocycles. The molecule has 1 rings (SSSR count). The van der Waals surface area contributed by atoms with E-state index in [9.17, 15) is 0 Å². The third-order valence-electron chi connectivity index (χ3n) is 2.61. The van der Waals surface area contributed by atoms with Gasteiger partial charge < -0.3 is 10.2 Å². The van der Waals surface area contributed by atoms with Gasteiger partial charge in [0.25, 0.3) is 0 Å². The van der Waals surface area contributed by atoms with Crippen LogP contribution in [0.4, 0.5) is 0 Å². The third-order valence-corrected chi connectivity index (χ3v) is 2.61. The summed E-state index contributed by atoms with van der Waals surface area (Å²) in [7, 11) is 2.07. The van der Waals surface area contributed by atoms with Crippen molar-refractivity contribution >= 4 is 0 Å². The van der Waals surface area contributed by atoms with E-state index < -0.39 is 0 Å². The fourth-order valence-corrected chi connectivity index (χ4v) is 1.74. The van der Waals surface area contributed by atoms with Gasteiger partial charge in [-0.2, -0.15) is 0 Å². The normalized spacial score (nSPS) is 28.4. The number of nitrogens with one attached hydrogen (secondary N) is 1. The first-order valence-electron chi connectivity index (χ1n) is 4.76. The quantitative estimate of drug-likeness (QED) is 0.643. The molecule has 66 valence electrons. The molecule has 2 heteroatoms. The molecule has 1 atom stereocenters. The van der Waals surface area contributed by atoms with Gasteiger partial charge in [0.15, 0.2) is 0 Å². The molecule has 1 aliphatic rings. The molecule has 0 aliphatic carbocycles. The zero-order valence-corrected chi connectivity index (χ0v) is 7.77. The lowest BCUT2D eigenvalue weighted by Crippen LogP contribution is -2.37. The Kier molecular flexibility index (Phi) is 3.87. The van der Waals surface area contributed by atoms with E-state index in [1.54, 1.807) is 0 Å². The van der Waals surface area contributed by atoms with Crippen LogP contribution in [0, 0.1) is 0 Å². The van der Waals surface area contributed by atoms with Gasteiger partial charge in [-0.25, -0.2) is 0 Å². The Balaban J connectivity index is 2.33. The Morgan fingerprint density at radius 1 is 1.45 bits per heavy atom. The van der Waals surface area contributed by atoms with E-state index in [2.05, 4.69) is 24.2 Å². The molecule has 11 heavy (non-hydrogen) atoms. The first-order valence-corrected chi connectivity index (χ1v) is 4.76. The highest BCUT2D eigenvalue weighted by Gasteiger charge is 2.14. The summed E-state index contributed by atoms with van der Waals surface area (Å²) < 4.78 is 0. The van der Waals surface area contributed by atoms with Crippen LogP contribution < -0.4 is 5.32 Å². The topological polar surface area (TPSA) is 15.3 Å². The second kappa shape index (κ2) is 4.73. The van der Waals surface area contributed by atoms with Gasteiger partial charge in [0, 0.05) is 12.6 Å². The van der Waals surface area contributed by atoms with Crippen molar-refractivity contribution in [3.63, 3.8) is 0 Å². The first kappa shape index (κ1) is 9.01. The SMILES string of the molecule is CCN1CCCCC(NC)C1. The molecule has 1 N–H and O–H groups in total. The van der Waals surface area contributed by atoms with Crippen molar-refractivity contribution in [3.05, 3.63) is 0 Å². The highest BCUT2D eigenvalue weighted by Crippen LogP contribution is 2.09. The number of rotatable bonds is 2. The smallest absolute Gasteiger partial charge is 0.0192 e. The van der Waals surface area contributed by atoms with Crippen LogP contribution in [-0.4, -0.2) is 37.6 Å². The molecule has 0 radical (unpaired) electrons. The fraction of sp³-hybridized carbons (Fsp3) is 1.00. The lowest BCUT2D eigenvalue weighted by atomic mass is 10.1. The molecule has 0 aromatic rings. The summed E-state index contributed by atoms with van der Waals surface area (Å²) in [6.45, 7) is 6.00. The number of likely N-dealkylation sites (tertiary alicyclic amines) is 1.